The number of ether oxygens (including phenoxy) is 1. The predicted octanol–water partition coefficient (Wildman–Crippen LogP) is 5.98. The fraction of sp³-hybridized carbons (Fsp3) is 0.368. The summed E-state index contributed by atoms with van der Waals surface area (Å²) in [5, 5.41) is 3.99. The second-order valence-corrected chi connectivity index (χ2v) is 7.33. The minimum Gasteiger partial charge on any atom is -0.457 e. The van der Waals surface area contributed by atoms with Crippen LogP contribution in [0.15, 0.2) is 48.5 Å². The van der Waals surface area contributed by atoms with Gasteiger partial charge in [0, 0.05) is 29.1 Å². The third-order valence-electron chi connectivity index (χ3n) is 5.07. The van der Waals surface area contributed by atoms with E-state index < -0.39 is 11.3 Å². The van der Waals surface area contributed by atoms with Gasteiger partial charge in [0.15, 0.2) is 0 Å². The van der Waals surface area contributed by atoms with Crippen LogP contribution in [0.25, 0.3) is 0 Å². The van der Waals surface area contributed by atoms with Crippen LogP contribution in [-0.4, -0.2) is 12.5 Å². The third-order valence-corrected chi connectivity index (χ3v) is 5.32. The molecule has 0 aromatic heterocycles. The van der Waals surface area contributed by atoms with Crippen LogP contribution >= 0.6 is 11.6 Å². The lowest BCUT2D eigenvalue weighted by Crippen LogP contribution is -2.34. The van der Waals surface area contributed by atoms with E-state index in [0.29, 0.717) is 23.8 Å². The standard InChI is InChI=1S/C19H18ClF2NO/c20-14-1-5-16(6-2-14)24-17-7-3-15(4-8-17)23-11-13-9-18(10-13)12-19(18,21)22/h1-8,13,23H,9-12H2. The highest BCUT2D eigenvalue weighted by molar-refractivity contribution is 6.30. The Morgan fingerprint density at radius 1 is 1.00 bits per heavy atom. The first kappa shape index (κ1) is 15.7. The molecule has 2 fully saturated rings. The lowest BCUT2D eigenvalue weighted by atomic mass is 9.71. The summed E-state index contributed by atoms with van der Waals surface area (Å²) in [6.07, 6.45) is 1.38. The molecule has 0 atom stereocenters. The molecule has 2 nitrogen and oxygen atoms in total. The van der Waals surface area contributed by atoms with E-state index in [9.17, 15) is 8.78 Å². The van der Waals surface area contributed by atoms with Crippen molar-refractivity contribution in [3.05, 3.63) is 53.6 Å². The zero-order valence-corrected chi connectivity index (χ0v) is 13.8. The maximum atomic E-state index is 13.2. The lowest BCUT2D eigenvalue weighted by Gasteiger charge is -2.36. The van der Waals surface area contributed by atoms with Gasteiger partial charge in [-0.2, -0.15) is 0 Å². The van der Waals surface area contributed by atoms with E-state index >= 15 is 0 Å². The molecular weight excluding hydrogens is 332 g/mol. The third kappa shape index (κ3) is 2.95. The van der Waals surface area contributed by atoms with Crippen molar-refractivity contribution in [1.29, 1.82) is 0 Å². The Hall–Kier alpha value is -1.81. The predicted molar refractivity (Wildman–Crippen MR) is 91.2 cm³/mol. The highest BCUT2D eigenvalue weighted by atomic mass is 35.5. The number of anilines is 1. The fourth-order valence-electron chi connectivity index (χ4n) is 3.56. The average molecular weight is 350 g/mol. The molecule has 5 heteroatoms. The summed E-state index contributed by atoms with van der Waals surface area (Å²) >= 11 is 5.84. The first-order valence-electron chi connectivity index (χ1n) is 8.11. The Kier molecular flexibility index (Phi) is 3.68. The van der Waals surface area contributed by atoms with Gasteiger partial charge in [0.2, 0.25) is 0 Å². The van der Waals surface area contributed by atoms with Crippen LogP contribution in [0.1, 0.15) is 19.3 Å². The largest absolute Gasteiger partial charge is 0.457 e. The molecule has 0 unspecified atom stereocenters. The molecule has 0 heterocycles. The molecule has 0 amide bonds. The Morgan fingerprint density at radius 3 is 2.08 bits per heavy atom. The molecule has 2 aromatic carbocycles. The molecule has 126 valence electrons. The van der Waals surface area contributed by atoms with E-state index in [1.165, 1.54) is 0 Å². The van der Waals surface area contributed by atoms with Gasteiger partial charge in [0.25, 0.3) is 5.92 Å². The van der Waals surface area contributed by atoms with Gasteiger partial charge in [-0.15, -0.1) is 0 Å². The van der Waals surface area contributed by atoms with Crippen molar-refractivity contribution in [3.8, 4) is 11.5 Å². The maximum absolute atomic E-state index is 13.2. The summed E-state index contributed by atoms with van der Waals surface area (Å²) in [5.41, 5.74) is 0.331. The van der Waals surface area contributed by atoms with E-state index in [4.69, 9.17) is 16.3 Å². The molecule has 2 saturated carbocycles. The molecule has 0 saturated heterocycles. The van der Waals surface area contributed by atoms with Gasteiger partial charge in [-0.05, 0) is 67.3 Å². The highest BCUT2D eigenvalue weighted by Gasteiger charge is 2.75. The Labute approximate surface area is 144 Å². The van der Waals surface area contributed by atoms with Crippen LogP contribution in [0, 0.1) is 11.3 Å². The molecule has 2 aliphatic rings. The second kappa shape index (κ2) is 5.62. The minimum atomic E-state index is -2.40. The number of halogens is 3. The molecule has 2 aliphatic carbocycles. The van der Waals surface area contributed by atoms with E-state index in [2.05, 4.69) is 5.32 Å². The van der Waals surface area contributed by atoms with Gasteiger partial charge in [0.05, 0.1) is 0 Å². The van der Waals surface area contributed by atoms with Crippen LogP contribution in [0.3, 0.4) is 0 Å². The quantitative estimate of drug-likeness (QED) is 0.717. The zero-order chi connectivity index (χ0) is 16.8. The zero-order valence-electron chi connectivity index (χ0n) is 13.1. The van der Waals surface area contributed by atoms with Gasteiger partial charge in [-0.1, -0.05) is 11.6 Å². The number of benzene rings is 2. The van der Waals surface area contributed by atoms with Crippen molar-refractivity contribution in [2.75, 3.05) is 11.9 Å². The van der Waals surface area contributed by atoms with Crippen LogP contribution in [0.4, 0.5) is 14.5 Å². The van der Waals surface area contributed by atoms with Gasteiger partial charge < -0.3 is 10.1 Å². The monoisotopic (exact) mass is 349 g/mol. The van der Waals surface area contributed by atoms with Crippen molar-refractivity contribution in [1.82, 2.24) is 0 Å². The minimum absolute atomic E-state index is 0.0905. The van der Waals surface area contributed by atoms with Crippen LogP contribution in [0.2, 0.25) is 5.02 Å². The van der Waals surface area contributed by atoms with E-state index in [-0.39, 0.29) is 6.42 Å². The summed E-state index contributed by atoms with van der Waals surface area (Å²) in [6.45, 7) is 0.745. The van der Waals surface area contributed by atoms with Crippen molar-refractivity contribution in [2.24, 2.45) is 11.3 Å². The highest BCUT2D eigenvalue weighted by Crippen LogP contribution is 2.72. The lowest BCUT2D eigenvalue weighted by molar-refractivity contribution is 0.00529. The van der Waals surface area contributed by atoms with Crippen LogP contribution < -0.4 is 10.1 Å². The molecule has 4 rings (SSSR count). The summed E-state index contributed by atoms with van der Waals surface area (Å²) in [5.74, 6) is -0.582. The van der Waals surface area contributed by atoms with Gasteiger partial charge >= 0.3 is 0 Å². The van der Waals surface area contributed by atoms with Crippen molar-refractivity contribution < 1.29 is 13.5 Å². The SMILES string of the molecule is FC1(F)CC12CC(CNc1ccc(Oc3ccc(Cl)cc3)cc1)C2. The van der Waals surface area contributed by atoms with Crippen molar-refractivity contribution in [3.63, 3.8) is 0 Å². The summed E-state index contributed by atoms with van der Waals surface area (Å²) in [4.78, 5) is 0. The van der Waals surface area contributed by atoms with Gasteiger partial charge in [-0.3, -0.25) is 0 Å². The van der Waals surface area contributed by atoms with E-state index in [0.717, 1.165) is 23.7 Å². The molecule has 0 aliphatic heterocycles. The van der Waals surface area contributed by atoms with Gasteiger partial charge in [-0.25, -0.2) is 8.78 Å². The smallest absolute Gasteiger partial charge is 0.254 e. The Morgan fingerprint density at radius 2 is 1.54 bits per heavy atom. The van der Waals surface area contributed by atoms with Crippen LogP contribution in [0.5, 0.6) is 11.5 Å². The molecule has 1 spiro atoms. The number of hydrogen-bond donors (Lipinski definition) is 1. The first-order valence-corrected chi connectivity index (χ1v) is 8.49. The second-order valence-electron chi connectivity index (χ2n) is 6.90. The van der Waals surface area contributed by atoms with Crippen LogP contribution in [-0.2, 0) is 0 Å². The molecule has 1 N–H and O–H groups in total. The number of hydrogen-bond acceptors (Lipinski definition) is 2. The number of nitrogens with one attached hydrogen (secondary N) is 1. The summed E-state index contributed by atoms with van der Waals surface area (Å²) < 4.78 is 32.1. The Balaban J connectivity index is 1.26. The van der Waals surface area contributed by atoms with Gasteiger partial charge in [0.1, 0.15) is 11.5 Å². The fourth-order valence-corrected chi connectivity index (χ4v) is 3.68. The van der Waals surface area contributed by atoms with Crippen molar-refractivity contribution >= 4 is 17.3 Å². The molecule has 0 bridgehead atoms. The normalized spacial score (nSPS) is 26.7. The molecule has 2 aromatic rings. The Bertz CT molecular complexity index is 724. The summed E-state index contributed by atoms with van der Waals surface area (Å²) in [6, 6.07) is 14.8. The average Bonchev–Trinajstić information content (AvgIpc) is 3.11. The number of alkyl halides is 2. The van der Waals surface area contributed by atoms with Crippen molar-refractivity contribution in [2.45, 2.75) is 25.2 Å². The maximum Gasteiger partial charge on any atom is 0.254 e. The summed E-state index contributed by atoms with van der Waals surface area (Å²) in [7, 11) is 0. The molecule has 0 radical (unpaired) electrons. The molecule has 24 heavy (non-hydrogen) atoms. The molecular formula is C19H18ClF2NO. The first-order chi connectivity index (χ1) is 11.5. The topological polar surface area (TPSA) is 21.3 Å². The number of rotatable bonds is 5. The van der Waals surface area contributed by atoms with E-state index in [1.54, 1.807) is 12.1 Å². The van der Waals surface area contributed by atoms with E-state index in [1.807, 2.05) is 36.4 Å².